The zero-order valence-electron chi connectivity index (χ0n) is 10.1. The van der Waals surface area contributed by atoms with E-state index in [4.69, 9.17) is 4.42 Å². The van der Waals surface area contributed by atoms with Gasteiger partial charge >= 0.3 is 0 Å². The van der Waals surface area contributed by atoms with Crippen LogP contribution in [0.3, 0.4) is 0 Å². The Morgan fingerprint density at radius 3 is 2.80 bits per heavy atom. The number of hydrogen-bond donors (Lipinski definition) is 0. The van der Waals surface area contributed by atoms with Crippen molar-refractivity contribution in [2.45, 2.75) is 0 Å². The number of carbonyl (C=O) groups is 1. The molecule has 0 fully saturated rings. The Bertz CT molecular complexity index is 779. The van der Waals surface area contributed by atoms with Crippen LogP contribution in [-0.4, -0.2) is 16.1 Å². The highest BCUT2D eigenvalue weighted by molar-refractivity contribution is 9.10. The monoisotopic (exact) mass is 334 g/mol. The molecule has 0 amide bonds. The summed E-state index contributed by atoms with van der Waals surface area (Å²) in [5.41, 5.74) is 1.32. The Labute approximate surface area is 122 Å². The minimum Gasteiger partial charge on any atom is -0.448 e. The molecule has 3 aromatic rings. The maximum atomic E-state index is 13.2. The maximum absolute atomic E-state index is 13.2. The van der Waals surface area contributed by atoms with Crippen molar-refractivity contribution in [2.75, 3.05) is 0 Å². The second-order valence-corrected chi connectivity index (χ2v) is 4.86. The first-order chi connectivity index (χ1) is 9.67. The number of rotatable bonds is 3. The fraction of sp³-hybridized carbons (Fsp3) is 0. The van der Waals surface area contributed by atoms with Crippen LogP contribution in [0.25, 0.3) is 17.1 Å². The zero-order valence-corrected chi connectivity index (χ0v) is 11.7. The van der Waals surface area contributed by atoms with Crippen molar-refractivity contribution in [2.24, 2.45) is 0 Å². The van der Waals surface area contributed by atoms with E-state index < -0.39 is 0 Å². The third-order valence-electron chi connectivity index (χ3n) is 2.75. The normalized spacial score (nSPS) is 10.7. The van der Waals surface area contributed by atoms with Crippen LogP contribution < -0.4 is 0 Å². The molecular weight excluding hydrogens is 327 g/mol. The molecule has 100 valence electrons. The average molecular weight is 335 g/mol. The van der Waals surface area contributed by atoms with Crippen LogP contribution in [0.5, 0.6) is 0 Å². The summed E-state index contributed by atoms with van der Waals surface area (Å²) in [6, 6.07) is 9.38. The molecule has 0 atom stereocenters. The predicted octanol–water partition coefficient (Wildman–Crippen LogP) is 3.85. The third kappa shape index (κ3) is 2.30. The largest absolute Gasteiger partial charge is 0.448 e. The summed E-state index contributed by atoms with van der Waals surface area (Å²) in [7, 11) is 0. The molecule has 6 heteroatoms. The van der Waals surface area contributed by atoms with E-state index in [1.807, 2.05) is 0 Å². The molecule has 0 saturated heterocycles. The van der Waals surface area contributed by atoms with Crippen molar-refractivity contribution in [3.63, 3.8) is 0 Å². The van der Waals surface area contributed by atoms with Gasteiger partial charge in [0.15, 0.2) is 16.7 Å². The van der Waals surface area contributed by atoms with E-state index in [2.05, 4.69) is 21.0 Å². The summed E-state index contributed by atoms with van der Waals surface area (Å²) in [5.74, 6) is 0.0991. The molecule has 4 nitrogen and oxygen atoms in total. The van der Waals surface area contributed by atoms with Crippen LogP contribution in [0, 0.1) is 5.82 Å². The van der Waals surface area contributed by atoms with Gasteiger partial charge in [0.25, 0.3) is 0 Å². The first kappa shape index (κ1) is 12.8. The highest BCUT2D eigenvalue weighted by Gasteiger charge is 2.15. The zero-order chi connectivity index (χ0) is 14.1. The van der Waals surface area contributed by atoms with Gasteiger partial charge in [-0.25, -0.2) is 9.07 Å². The van der Waals surface area contributed by atoms with Crippen molar-refractivity contribution in [3.8, 4) is 17.1 Å². The van der Waals surface area contributed by atoms with Gasteiger partial charge in [-0.1, -0.05) is 6.07 Å². The summed E-state index contributed by atoms with van der Waals surface area (Å²) in [6.45, 7) is 0. The number of hydrogen-bond acceptors (Lipinski definition) is 3. The summed E-state index contributed by atoms with van der Waals surface area (Å²) < 4.78 is 20.6. The van der Waals surface area contributed by atoms with Crippen LogP contribution in [0.1, 0.15) is 10.4 Å². The summed E-state index contributed by atoms with van der Waals surface area (Å²) >= 11 is 3.20. The fourth-order valence-electron chi connectivity index (χ4n) is 1.86. The molecule has 0 bridgehead atoms. The fourth-order valence-corrected chi connectivity index (χ4v) is 2.16. The summed E-state index contributed by atoms with van der Waals surface area (Å²) in [6.07, 6.45) is 2.22. The Hall–Kier alpha value is -2.21. The van der Waals surface area contributed by atoms with Gasteiger partial charge < -0.3 is 4.42 Å². The van der Waals surface area contributed by atoms with E-state index >= 15 is 0 Å². The van der Waals surface area contributed by atoms with Gasteiger partial charge in [-0.2, -0.15) is 5.10 Å². The summed E-state index contributed by atoms with van der Waals surface area (Å²) in [5, 5.41) is 4.28. The second kappa shape index (κ2) is 5.05. The smallest absolute Gasteiger partial charge is 0.169 e. The molecule has 0 N–H and O–H groups in total. The van der Waals surface area contributed by atoms with Crippen molar-refractivity contribution in [1.29, 1.82) is 0 Å². The maximum Gasteiger partial charge on any atom is 0.169 e. The molecule has 0 unspecified atom stereocenters. The Morgan fingerprint density at radius 2 is 2.15 bits per heavy atom. The van der Waals surface area contributed by atoms with Gasteiger partial charge in [-0.05, 0) is 46.3 Å². The molecular formula is C14H8BrFN2O2. The van der Waals surface area contributed by atoms with E-state index in [1.165, 1.54) is 23.0 Å². The van der Waals surface area contributed by atoms with Gasteiger partial charge in [0, 0.05) is 6.20 Å². The molecule has 3 rings (SSSR count). The van der Waals surface area contributed by atoms with Crippen LogP contribution in [0.15, 0.2) is 51.7 Å². The lowest BCUT2D eigenvalue weighted by molar-refractivity contribution is 0.112. The van der Waals surface area contributed by atoms with E-state index in [9.17, 15) is 9.18 Å². The van der Waals surface area contributed by atoms with Crippen molar-refractivity contribution >= 4 is 22.2 Å². The van der Waals surface area contributed by atoms with Crippen LogP contribution in [0.4, 0.5) is 4.39 Å². The van der Waals surface area contributed by atoms with Crippen LogP contribution in [0.2, 0.25) is 0 Å². The van der Waals surface area contributed by atoms with Crippen molar-refractivity contribution in [1.82, 2.24) is 9.78 Å². The third-order valence-corrected chi connectivity index (χ3v) is 3.18. The van der Waals surface area contributed by atoms with Crippen molar-refractivity contribution in [3.05, 3.63) is 58.6 Å². The van der Waals surface area contributed by atoms with E-state index in [1.54, 1.807) is 24.3 Å². The lowest BCUT2D eigenvalue weighted by Gasteiger charge is -2.00. The Balaban J connectivity index is 2.11. The molecule has 0 aliphatic carbocycles. The minimum absolute atomic E-state index is 0.368. The standard InChI is InChI=1S/C14H8BrFN2O2/c15-13-5-4-12(20-13)14-9(8-19)7-18(17-14)11-3-1-2-10(16)6-11/h1-8H. The topological polar surface area (TPSA) is 48.0 Å². The highest BCUT2D eigenvalue weighted by atomic mass is 79.9. The van der Waals surface area contributed by atoms with Crippen molar-refractivity contribution < 1.29 is 13.6 Å². The Morgan fingerprint density at radius 1 is 1.30 bits per heavy atom. The Kier molecular flexibility index (Phi) is 3.23. The van der Waals surface area contributed by atoms with Gasteiger partial charge in [0.05, 0.1) is 11.3 Å². The predicted molar refractivity (Wildman–Crippen MR) is 74.3 cm³/mol. The molecule has 0 spiro atoms. The number of aromatic nitrogens is 2. The highest BCUT2D eigenvalue weighted by Crippen LogP contribution is 2.26. The van der Waals surface area contributed by atoms with E-state index in [0.717, 1.165) is 0 Å². The number of carbonyl (C=O) groups excluding carboxylic acids is 1. The van der Waals surface area contributed by atoms with Crippen LogP contribution >= 0.6 is 15.9 Å². The van der Waals surface area contributed by atoms with Gasteiger partial charge in [0.1, 0.15) is 11.5 Å². The molecule has 0 radical (unpaired) electrons. The van der Waals surface area contributed by atoms with Gasteiger partial charge in [-0.3, -0.25) is 4.79 Å². The molecule has 0 aliphatic heterocycles. The average Bonchev–Trinajstić information content (AvgIpc) is 3.04. The quantitative estimate of drug-likeness (QED) is 0.683. The molecule has 1 aromatic carbocycles. The van der Waals surface area contributed by atoms with E-state index in [-0.39, 0.29) is 5.82 Å². The number of nitrogens with zero attached hydrogens (tertiary/aromatic N) is 2. The first-order valence-electron chi connectivity index (χ1n) is 5.74. The number of benzene rings is 1. The molecule has 0 saturated carbocycles. The first-order valence-corrected chi connectivity index (χ1v) is 6.53. The molecule has 2 heterocycles. The lowest BCUT2D eigenvalue weighted by Crippen LogP contribution is -1.95. The lowest BCUT2D eigenvalue weighted by atomic mass is 10.2. The number of aldehydes is 1. The molecule has 20 heavy (non-hydrogen) atoms. The second-order valence-electron chi connectivity index (χ2n) is 4.08. The van der Waals surface area contributed by atoms with Gasteiger partial charge in [0.2, 0.25) is 0 Å². The number of furan rings is 1. The van der Waals surface area contributed by atoms with Crippen LogP contribution in [-0.2, 0) is 0 Å². The van der Waals surface area contributed by atoms with Gasteiger partial charge in [-0.15, -0.1) is 0 Å². The minimum atomic E-state index is -0.368. The SMILES string of the molecule is O=Cc1cn(-c2cccc(F)c2)nc1-c1ccc(Br)o1. The summed E-state index contributed by atoms with van der Waals surface area (Å²) in [4.78, 5) is 11.1. The molecule has 0 aliphatic rings. The molecule has 2 aromatic heterocycles. The van der Waals surface area contributed by atoms with E-state index in [0.29, 0.717) is 33.7 Å². The number of halogens is 2.